The Balaban J connectivity index is 2.05. The highest BCUT2D eigenvalue weighted by molar-refractivity contribution is 7.90. The number of Topliss-reactive ketones (excluding diaryl/α,β-unsaturated/α-hetero) is 1. The summed E-state index contributed by atoms with van der Waals surface area (Å²) in [4.78, 5) is 32.5. The zero-order valence-corrected chi connectivity index (χ0v) is 19.9. The molecule has 2 heterocycles. The second kappa shape index (κ2) is 10.5. The van der Waals surface area contributed by atoms with Crippen molar-refractivity contribution < 1.29 is 33.1 Å². The number of imidazole rings is 1. The number of ether oxygens (including phenoxy) is 4. The zero-order valence-electron chi connectivity index (χ0n) is 19.0. The van der Waals surface area contributed by atoms with Crippen molar-refractivity contribution in [2.45, 2.75) is 38.4 Å². The number of ketones is 1. The number of pyridine rings is 1. The van der Waals surface area contributed by atoms with Crippen LogP contribution >= 0.6 is 0 Å². The molecule has 1 unspecified atom stereocenters. The molecule has 11 heteroatoms. The van der Waals surface area contributed by atoms with E-state index in [1.165, 1.54) is 31.9 Å². The Morgan fingerprint density at radius 2 is 1.94 bits per heavy atom. The molecule has 1 aromatic carbocycles. The number of rotatable bonds is 9. The summed E-state index contributed by atoms with van der Waals surface area (Å²) in [7, 11) is 2.97. The molecule has 0 aliphatic heterocycles. The first-order valence-corrected chi connectivity index (χ1v) is 11.4. The summed E-state index contributed by atoms with van der Waals surface area (Å²) >= 11 is -1.71. The Labute approximate surface area is 194 Å². The minimum Gasteiger partial charge on any atom is -0.609 e. The molecule has 0 amide bonds. The maximum Gasteiger partial charge on any atom is 0.510 e. The van der Waals surface area contributed by atoms with Crippen LogP contribution in [0.2, 0.25) is 0 Å². The lowest BCUT2D eigenvalue weighted by molar-refractivity contribution is 0.0357. The molecule has 0 saturated carbocycles. The molecule has 2 aromatic heterocycles. The van der Waals surface area contributed by atoms with Crippen LogP contribution in [-0.4, -0.2) is 51.9 Å². The first-order valence-electron chi connectivity index (χ1n) is 10.1. The summed E-state index contributed by atoms with van der Waals surface area (Å²) in [5.41, 5.74) is 2.66. The van der Waals surface area contributed by atoms with Crippen molar-refractivity contribution in [1.29, 1.82) is 0 Å². The SMILES string of the molecule is CCOC(=O)OCn1c([S+]([O-])Cc2nccc(OC)c2OC)nc2cc(C(C)=O)c(C)cc21. The van der Waals surface area contributed by atoms with E-state index >= 15 is 0 Å². The van der Waals surface area contributed by atoms with Gasteiger partial charge in [-0.25, -0.2) is 9.36 Å². The van der Waals surface area contributed by atoms with Gasteiger partial charge in [-0.1, -0.05) is 0 Å². The Kier molecular flexibility index (Phi) is 7.77. The summed E-state index contributed by atoms with van der Waals surface area (Å²) < 4.78 is 35.6. The normalized spacial score (nSPS) is 11.8. The fraction of sp³-hybridized carbons (Fsp3) is 0.364. The fourth-order valence-corrected chi connectivity index (χ4v) is 4.53. The molecule has 3 aromatic rings. The quantitative estimate of drug-likeness (QED) is 0.260. The molecule has 0 radical (unpaired) electrons. The van der Waals surface area contributed by atoms with Crippen molar-refractivity contribution in [1.82, 2.24) is 14.5 Å². The molecule has 33 heavy (non-hydrogen) atoms. The third-order valence-corrected chi connectivity index (χ3v) is 6.10. The Hall–Kier alpha value is -3.31. The van der Waals surface area contributed by atoms with E-state index in [2.05, 4.69) is 9.97 Å². The van der Waals surface area contributed by atoms with Crippen molar-refractivity contribution in [2.75, 3.05) is 20.8 Å². The summed E-state index contributed by atoms with van der Waals surface area (Å²) in [6.07, 6.45) is 0.674. The minimum atomic E-state index is -1.71. The number of benzene rings is 1. The van der Waals surface area contributed by atoms with Gasteiger partial charge in [-0.05, 0) is 38.5 Å². The van der Waals surface area contributed by atoms with E-state index in [9.17, 15) is 14.1 Å². The van der Waals surface area contributed by atoms with Crippen LogP contribution in [0, 0.1) is 6.92 Å². The molecule has 10 nitrogen and oxygen atoms in total. The minimum absolute atomic E-state index is 0.0261. The summed E-state index contributed by atoms with van der Waals surface area (Å²) in [6, 6.07) is 5.03. The van der Waals surface area contributed by atoms with Crippen LogP contribution in [0.1, 0.15) is 35.5 Å². The lowest BCUT2D eigenvalue weighted by Crippen LogP contribution is -2.17. The highest BCUT2D eigenvalue weighted by Gasteiger charge is 2.27. The molecule has 0 bridgehead atoms. The number of aryl methyl sites for hydroxylation is 1. The second-order valence-electron chi connectivity index (χ2n) is 6.97. The van der Waals surface area contributed by atoms with Gasteiger partial charge < -0.3 is 23.5 Å². The standard InChI is InChI=1S/C22H25N3O7S/c1-6-31-22(27)32-12-25-18-9-13(2)15(14(3)26)10-16(18)24-21(25)33(28)11-17-20(30-5)19(29-4)7-8-23-17/h7-10H,6,11-12H2,1-5H3. The van der Waals surface area contributed by atoms with E-state index < -0.39 is 17.3 Å². The van der Waals surface area contributed by atoms with Crippen molar-refractivity contribution in [3.05, 3.63) is 41.2 Å². The summed E-state index contributed by atoms with van der Waals surface area (Å²) in [5, 5.41) is 0.154. The van der Waals surface area contributed by atoms with Crippen LogP contribution in [0.5, 0.6) is 11.5 Å². The monoisotopic (exact) mass is 475 g/mol. The zero-order chi connectivity index (χ0) is 24.1. The summed E-state index contributed by atoms with van der Waals surface area (Å²) in [5.74, 6) is 0.690. The number of carbonyl (C=O) groups is 2. The van der Waals surface area contributed by atoms with Gasteiger partial charge in [-0.3, -0.25) is 9.78 Å². The van der Waals surface area contributed by atoms with Crippen LogP contribution < -0.4 is 9.47 Å². The Bertz CT molecular complexity index is 1180. The average Bonchev–Trinajstić information content (AvgIpc) is 3.14. The van der Waals surface area contributed by atoms with Gasteiger partial charge in [0.2, 0.25) is 0 Å². The van der Waals surface area contributed by atoms with Crippen LogP contribution in [0.25, 0.3) is 11.0 Å². The third-order valence-electron chi connectivity index (χ3n) is 4.85. The van der Waals surface area contributed by atoms with Gasteiger partial charge in [0, 0.05) is 29.0 Å². The van der Waals surface area contributed by atoms with E-state index in [4.69, 9.17) is 18.9 Å². The van der Waals surface area contributed by atoms with Gasteiger partial charge in [-0.15, -0.1) is 0 Å². The summed E-state index contributed by atoms with van der Waals surface area (Å²) in [6.45, 7) is 4.81. The molecule has 0 fully saturated rings. The Morgan fingerprint density at radius 3 is 2.58 bits per heavy atom. The molecule has 176 valence electrons. The predicted octanol–water partition coefficient (Wildman–Crippen LogP) is 3.40. The van der Waals surface area contributed by atoms with E-state index in [1.807, 2.05) is 0 Å². The van der Waals surface area contributed by atoms with Crippen molar-refractivity contribution in [3.63, 3.8) is 0 Å². The maximum absolute atomic E-state index is 13.4. The molecular formula is C22H25N3O7S. The van der Waals surface area contributed by atoms with Crippen LogP contribution in [-0.2, 0) is 33.1 Å². The molecule has 0 N–H and O–H groups in total. The van der Waals surface area contributed by atoms with Crippen molar-refractivity contribution in [3.8, 4) is 11.5 Å². The third kappa shape index (κ3) is 5.20. The largest absolute Gasteiger partial charge is 0.609 e. The molecule has 0 aliphatic carbocycles. The average molecular weight is 476 g/mol. The smallest absolute Gasteiger partial charge is 0.510 e. The van der Waals surface area contributed by atoms with Gasteiger partial charge in [0.15, 0.2) is 29.8 Å². The lowest BCUT2D eigenvalue weighted by atomic mass is 10.0. The van der Waals surface area contributed by atoms with Crippen molar-refractivity contribution in [2.24, 2.45) is 0 Å². The van der Waals surface area contributed by atoms with Crippen molar-refractivity contribution >= 4 is 34.1 Å². The number of aromatic nitrogens is 3. The molecular weight excluding hydrogens is 450 g/mol. The molecule has 0 spiro atoms. The van der Waals surface area contributed by atoms with E-state index in [1.54, 1.807) is 32.0 Å². The van der Waals surface area contributed by atoms with Gasteiger partial charge >= 0.3 is 11.3 Å². The topological polar surface area (TPSA) is 125 Å². The van der Waals surface area contributed by atoms with Gasteiger partial charge in [0.05, 0.1) is 31.9 Å². The first kappa shape index (κ1) is 24.3. The molecule has 0 aliphatic rings. The van der Waals surface area contributed by atoms with E-state index in [0.717, 1.165) is 5.56 Å². The number of hydrogen-bond acceptors (Lipinski definition) is 9. The van der Waals surface area contributed by atoms with E-state index in [-0.39, 0.29) is 30.0 Å². The number of methoxy groups -OCH3 is 2. The molecule has 3 rings (SSSR count). The van der Waals surface area contributed by atoms with Gasteiger partial charge in [-0.2, -0.15) is 4.98 Å². The number of hydrogen-bond donors (Lipinski definition) is 0. The molecule has 1 atom stereocenters. The number of nitrogens with zero attached hydrogens (tertiary/aromatic N) is 3. The fourth-order valence-electron chi connectivity index (χ4n) is 3.35. The second-order valence-corrected chi connectivity index (χ2v) is 8.32. The highest BCUT2D eigenvalue weighted by Crippen LogP contribution is 2.32. The predicted molar refractivity (Wildman–Crippen MR) is 120 cm³/mol. The van der Waals surface area contributed by atoms with Crippen LogP contribution in [0.4, 0.5) is 4.79 Å². The van der Waals surface area contributed by atoms with Crippen LogP contribution in [0.3, 0.4) is 0 Å². The lowest BCUT2D eigenvalue weighted by Gasteiger charge is -2.15. The maximum atomic E-state index is 13.4. The number of fused-ring (bicyclic) bond motifs is 1. The Morgan fingerprint density at radius 1 is 1.18 bits per heavy atom. The van der Waals surface area contributed by atoms with Crippen LogP contribution in [0.15, 0.2) is 29.6 Å². The first-order chi connectivity index (χ1) is 15.8. The van der Waals surface area contributed by atoms with Gasteiger partial charge in [0.25, 0.3) is 0 Å². The highest BCUT2D eigenvalue weighted by atomic mass is 32.2. The molecule has 0 saturated heterocycles. The van der Waals surface area contributed by atoms with E-state index in [0.29, 0.717) is 33.8 Å². The number of carbonyl (C=O) groups excluding carboxylic acids is 2. The van der Waals surface area contributed by atoms with Gasteiger partial charge in [0.1, 0.15) is 5.69 Å².